The largest absolute Gasteiger partial charge is 0.478 e. The maximum Gasteiger partial charge on any atom is 0.263 e. The molecular weight excluding hydrogens is 363 g/mol. The first kappa shape index (κ1) is 19.0. The van der Waals surface area contributed by atoms with E-state index in [-0.39, 0.29) is 11.7 Å². The molecule has 140 valence electrons. The first-order valence-corrected chi connectivity index (χ1v) is 9.46. The van der Waals surface area contributed by atoms with Gasteiger partial charge in [-0.1, -0.05) is 24.3 Å². The molecule has 3 aromatic rings. The molecule has 0 aliphatic heterocycles. The van der Waals surface area contributed by atoms with Crippen LogP contribution in [0.1, 0.15) is 24.4 Å². The maximum atomic E-state index is 13.0. The summed E-state index contributed by atoms with van der Waals surface area (Å²) < 4.78 is 18.7. The number of halogens is 1. The highest BCUT2D eigenvalue weighted by Crippen LogP contribution is 2.22. The van der Waals surface area contributed by atoms with Gasteiger partial charge >= 0.3 is 0 Å². The zero-order chi connectivity index (χ0) is 19.4. The van der Waals surface area contributed by atoms with Gasteiger partial charge in [0.15, 0.2) is 5.60 Å². The minimum atomic E-state index is -1.07. The summed E-state index contributed by atoms with van der Waals surface area (Å²) in [6.45, 7) is 5.73. The number of carbonyl (C=O) groups excluding carboxylic acids is 1. The Labute approximate surface area is 162 Å². The number of thiazole rings is 1. The molecule has 0 atom stereocenters. The number of benzene rings is 2. The van der Waals surface area contributed by atoms with Crippen molar-refractivity contribution in [2.75, 3.05) is 0 Å². The minimum Gasteiger partial charge on any atom is -0.478 e. The molecule has 6 heteroatoms. The van der Waals surface area contributed by atoms with Gasteiger partial charge < -0.3 is 10.1 Å². The van der Waals surface area contributed by atoms with Gasteiger partial charge in [-0.2, -0.15) is 0 Å². The average Bonchev–Trinajstić information content (AvgIpc) is 3.08. The van der Waals surface area contributed by atoms with E-state index in [1.54, 1.807) is 25.2 Å². The van der Waals surface area contributed by atoms with E-state index in [9.17, 15) is 9.18 Å². The van der Waals surface area contributed by atoms with Crippen molar-refractivity contribution >= 4 is 17.2 Å². The van der Waals surface area contributed by atoms with Crippen molar-refractivity contribution in [2.45, 2.75) is 32.9 Å². The van der Waals surface area contributed by atoms with Crippen LogP contribution in [-0.4, -0.2) is 16.5 Å². The Hall–Kier alpha value is -2.73. The Kier molecular flexibility index (Phi) is 5.56. The van der Waals surface area contributed by atoms with Crippen molar-refractivity contribution in [2.24, 2.45) is 0 Å². The summed E-state index contributed by atoms with van der Waals surface area (Å²) in [5.41, 5.74) is 1.92. The van der Waals surface area contributed by atoms with E-state index < -0.39 is 5.60 Å². The van der Waals surface area contributed by atoms with E-state index in [2.05, 4.69) is 10.3 Å². The second-order valence-corrected chi connectivity index (χ2v) is 7.76. The third kappa shape index (κ3) is 4.92. The van der Waals surface area contributed by atoms with Crippen LogP contribution in [0, 0.1) is 12.7 Å². The highest BCUT2D eigenvalue weighted by Gasteiger charge is 2.29. The van der Waals surface area contributed by atoms with Gasteiger partial charge in [0, 0.05) is 17.5 Å². The lowest BCUT2D eigenvalue weighted by molar-refractivity contribution is -0.134. The van der Waals surface area contributed by atoms with Crippen LogP contribution in [0.25, 0.3) is 11.3 Å². The van der Waals surface area contributed by atoms with E-state index in [0.29, 0.717) is 12.3 Å². The molecule has 1 amide bonds. The normalized spacial score (nSPS) is 11.3. The van der Waals surface area contributed by atoms with Crippen molar-refractivity contribution in [3.05, 3.63) is 70.3 Å². The van der Waals surface area contributed by atoms with Gasteiger partial charge in [-0.3, -0.25) is 4.79 Å². The van der Waals surface area contributed by atoms with Crippen molar-refractivity contribution in [3.63, 3.8) is 0 Å². The zero-order valence-corrected chi connectivity index (χ0v) is 16.3. The van der Waals surface area contributed by atoms with E-state index in [1.165, 1.54) is 24.3 Å². The van der Waals surface area contributed by atoms with Crippen LogP contribution < -0.4 is 10.1 Å². The molecule has 27 heavy (non-hydrogen) atoms. The molecular formula is C21H21FN2O2S. The molecule has 0 radical (unpaired) electrons. The Balaban J connectivity index is 1.58. The Morgan fingerprint density at radius 3 is 2.41 bits per heavy atom. The number of carbonyl (C=O) groups is 1. The number of ether oxygens (including phenoxy) is 1. The second-order valence-electron chi connectivity index (χ2n) is 6.70. The lowest BCUT2D eigenvalue weighted by atomic mass is 10.1. The van der Waals surface area contributed by atoms with Crippen molar-refractivity contribution in [1.82, 2.24) is 10.3 Å². The molecule has 0 fully saturated rings. The third-order valence-electron chi connectivity index (χ3n) is 4.06. The van der Waals surface area contributed by atoms with Gasteiger partial charge in [-0.05, 0) is 50.6 Å². The molecule has 0 saturated carbocycles. The minimum absolute atomic E-state index is 0.244. The van der Waals surface area contributed by atoms with Crippen LogP contribution in [0.3, 0.4) is 0 Å². The molecule has 4 nitrogen and oxygen atoms in total. The van der Waals surface area contributed by atoms with Crippen molar-refractivity contribution < 1.29 is 13.9 Å². The molecule has 3 rings (SSSR count). The summed E-state index contributed by atoms with van der Waals surface area (Å²) in [4.78, 5) is 17.0. The zero-order valence-electron chi connectivity index (χ0n) is 15.5. The molecule has 1 N–H and O–H groups in total. The average molecular weight is 384 g/mol. The van der Waals surface area contributed by atoms with Gasteiger partial charge in [0.2, 0.25) is 0 Å². The third-order valence-corrected chi connectivity index (χ3v) is 4.83. The molecule has 0 aliphatic carbocycles. The number of rotatable bonds is 6. The summed E-state index contributed by atoms with van der Waals surface area (Å²) in [6.07, 6.45) is 0. The van der Waals surface area contributed by atoms with E-state index >= 15 is 0 Å². The monoisotopic (exact) mass is 384 g/mol. The van der Waals surface area contributed by atoms with Gasteiger partial charge in [0.05, 0.1) is 10.7 Å². The molecule has 0 saturated heterocycles. The van der Waals surface area contributed by atoms with Crippen LogP contribution in [0.5, 0.6) is 5.75 Å². The molecule has 1 heterocycles. The number of aromatic nitrogens is 1. The number of hydrogen-bond donors (Lipinski definition) is 1. The highest BCUT2D eigenvalue weighted by atomic mass is 32.1. The lowest BCUT2D eigenvalue weighted by Crippen LogP contribution is -2.46. The summed E-state index contributed by atoms with van der Waals surface area (Å²) in [6, 6.07) is 13.5. The van der Waals surface area contributed by atoms with E-state index in [1.807, 2.05) is 36.6 Å². The van der Waals surface area contributed by atoms with E-state index in [0.717, 1.165) is 21.8 Å². The molecule has 1 aromatic heterocycles. The van der Waals surface area contributed by atoms with Crippen LogP contribution in [0.4, 0.5) is 4.39 Å². The molecule has 0 spiro atoms. The van der Waals surface area contributed by atoms with Gasteiger partial charge in [-0.15, -0.1) is 11.3 Å². The van der Waals surface area contributed by atoms with Crippen molar-refractivity contribution in [1.29, 1.82) is 0 Å². The van der Waals surface area contributed by atoms with Gasteiger partial charge in [-0.25, -0.2) is 9.37 Å². The lowest BCUT2D eigenvalue weighted by Gasteiger charge is -2.25. The maximum absolute atomic E-state index is 13.0. The SMILES string of the molecule is Cc1nc(-c2ccc(CNC(=O)C(C)(C)Oc3ccc(F)cc3)cc2)cs1. The predicted molar refractivity (Wildman–Crippen MR) is 105 cm³/mol. The number of nitrogens with one attached hydrogen (secondary N) is 1. The van der Waals surface area contributed by atoms with Crippen LogP contribution in [-0.2, 0) is 11.3 Å². The fourth-order valence-electron chi connectivity index (χ4n) is 2.53. The van der Waals surface area contributed by atoms with Crippen molar-refractivity contribution in [3.8, 4) is 17.0 Å². The van der Waals surface area contributed by atoms with Gasteiger partial charge in [0.25, 0.3) is 5.91 Å². The molecule has 2 aromatic carbocycles. The fourth-order valence-corrected chi connectivity index (χ4v) is 3.15. The topological polar surface area (TPSA) is 51.2 Å². The van der Waals surface area contributed by atoms with Crippen LogP contribution in [0.2, 0.25) is 0 Å². The van der Waals surface area contributed by atoms with Gasteiger partial charge in [0.1, 0.15) is 11.6 Å². The quantitative estimate of drug-likeness (QED) is 0.668. The molecule has 0 bridgehead atoms. The summed E-state index contributed by atoms with van der Waals surface area (Å²) >= 11 is 1.62. The number of hydrogen-bond acceptors (Lipinski definition) is 4. The molecule has 0 unspecified atom stereocenters. The summed E-state index contributed by atoms with van der Waals surface area (Å²) in [7, 11) is 0. The Bertz CT molecular complexity index is 918. The first-order chi connectivity index (χ1) is 12.8. The summed E-state index contributed by atoms with van der Waals surface area (Å²) in [5, 5.41) is 5.94. The molecule has 0 aliphatic rings. The van der Waals surface area contributed by atoms with Crippen LogP contribution >= 0.6 is 11.3 Å². The smallest absolute Gasteiger partial charge is 0.263 e. The fraction of sp³-hybridized carbons (Fsp3) is 0.238. The Morgan fingerprint density at radius 2 is 1.81 bits per heavy atom. The summed E-state index contributed by atoms with van der Waals surface area (Å²) in [5.74, 6) is -0.147. The van der Waals surface area contributed by atoms with E-state index in [4.69, 9.17) is 4.74 Å². The number of aryl methyl sites for hydroxylation is 1. The van der Waals surface area contributed by atoms with Crippen LogP contribution in [0.15, 0.2) is 53.9 Å². The number of amides is 1. The second kappa shape index (κ2) is 7.88. The number of nitrogens with zero attached hydrogens (tertiary/aromatic N) is 1. The standard InChI is InChI=1S/C21H21FN2O2S/c1-14-24-19(13-27-14)16-6-4-15(5-7-16)12-23-20(25)21(2,3)26-18-10-8-17(22)9-11-18/h4-11,13H,12H2,1-3H3,(H,23,25). The first-order valence-electron chi connectivity index (χ1n) is 8.58. The Morgan fingerprint density at radius 1 is 1.15 bits per heavy atom. The predicted octanol–water partition coefficient (Wildman–Crippen LogP) is 4.73. The highest BCUT2D eigenvalue weighted by molar-refractivity contribution is 7.09.